The van der Waals surface area contributed by atoms with Crippen molar-refractivity contribution in [3.05, 3.63) is 12.3 Å². The van der Waals surface area contributed by atoms with Crippen LogP contribution in [0.4, 0.5) is 11.8 Å². The van der Waals surface area contributed by atoms with Crippen molar-refractivity contribution in [3.63, 3.8) is 0 Å². The maximum atomic E-state index is 5.74. The minimum Gasteiger partial charge on any atom is -0.475 e. The molecule has 7 nitrogen and oxygen atoms in total. The first-order valence-corrected chi connectivity index (χ1v) is 5.16. The number of hydrogen-bond acceptors (Lipinski definition) is 6. The van der Waals surface area contributed by atoms with Crippen molar-refractivity contribution >= 4 is 11.8 Å². The third-order valence-corrected chi connectivity index (χ3v) is 2.03. The smallest absolute Gasteiger partial charge is 0.221 e. The molecule has 2 heterocycles. The second kappa shape index (κ2) is 4.28. The van der Waals surface area contributed by atoms with Crippen LogP contribution in [-0.4, -0.2) is 26.3 Å². The first-order valence-electron chi connectivity index (χ1n) is 5.16. The summed E-state index contributed by atoms with van der Waals surface area (Å²) in [5, 5.41) is 6.84. The number of ether oxygens (including phenoxy) is 1. The molecule has 5 N–H and O–H groups in total. The van der Waals surface area contributed by atoms with Crippen molar-refractivity contribution < 1.29 is 4.74 Å². The maximum absolute atomic E-state index is 5.74. The molecule has 0 bridgehead atoms. The van der Waals surface area contributed by atoms with Gasteiger partial charge in [0.05, 0.1) is 11.7 Å². The van der Waals surface area contributed by atoms with Crippen molar-refractivity contribution in [1.82, 2.24) is 20.2 Å². The maximum Gasteiger partial charge on any atom is 0.221 e. The second-order valence-electron chi connectivity index (χ2n) is 3.81. The number of aromatic amines is 1. The molecule has 2 rings (SSSR count). The van der Waals surface area contributed by atoms with Crippen LogP contribution in [0.2, 0.25) is 0 Å². The van der Waals surface area contributed by atoms with Crippen LogP contribution in [0.15, 0.2) is 12.3 Å². The van der Waals surface area contributed by atoms with E-state index >= 15 is 0 Å². The summed E-state index contributed by atoms with van der Waals surface area (Å²) in [5.74, 6) is 1.01. The molecule has 7 heteroatoms. The molecule has 0 spiro atoms. The fourth-order valence-corrected chi connectivity index (χ4v) is 1.36. The van der Waals surface area contributed by atoms with Crippen molar-refractivity contribution in [2.45, 2.75) is 20.0 Å². The van der Waals surface area contributed by atoms with Gasteiger partial charge in [-0.1, -0.05) is 0 Å². The van der Waals surface area contributed by atoms with Crippen LogP contribution in [0.1, 0.15) is 13.8 Å². The Balaban J connectivity index is 2.30. The van der Waals surface area contributed by atoms with E-state index in [-0.39, 0.29) is 12.1 Å². The van der Waals surface area contributed by atoms with E-state index in [2.05, 4.69) is 20.2 Å². The first kappa shape index (κ1) is 11.2. The highest BCUT2D eigenvalue weighted by molar-refractivity contribution is 5.71. The molecule has 0 saturated heterocycles. The summed E-state index contributed by atoms with van der Waals surface area (Å²) >= 11 is 0. The van der Waals surface area contributed by atoms with Gasteiger partial charge in [0.25, 0.3) is 0 Å². The number of hydrogen-bond donors (Lipinski definition) is 3. The molecule has 2 aromatic heterocycles. The lowest BCUT2D eigenvalue weighted by molar-refractivity contribution is 0.232. The molecule has 0 aliphatic carbocycles. The number of nitrogens with zero attached hydrogens (tertiary/aromatic N) is 3. The average Bonchev–Trinajstić information content (AvgIpc) is 2.65. The largest absolute Gasteiger partial charge is 0.475 e. The summed E-state index contributed by atoms with van der Waals surface area (Å²) in [5.41, 5.74) is 12.4. The SMILES string of the molecule is CC(C)Oc1cc(-c2cnc(N)nc2N)n[nH]1. The Hall–Kier alpha value is -2.31. The topological polar surface area (TPSA) is 116 Å². The zero-order chi connectivity index (χ0) is 12.4. The summed E-state index contributed by atoms with van der Waals surface area (Å²) in [6.45, 7) is 3.86. The van der Waals surface area contributed by atoms with Crippen LogP contribution in [0.5, 0.6) is 5.88 Å². The third kappa shape index (κ3) is 2.44. The summed E-state index contributed by atoms with van der Waals surface area (Å²) < 4.78 is 5.46. The van der Waals surface area contributed by atoms with E-state index in [9.17, 15) is 0 Å². The molecular weight excluding hydrogens is 220 g/mol. The molecular formula is C10H14N6O. The van der Waals surface area contributed by atoms with Gasteiger partial charge in [0, 0.05) is 12.3 Å². The highest BCUT2D eigenvalue weighted by Crippen LogP contribution is 2.25. The standard InChI is InChI=1S/C10H14N6O/c1-5(2)17-8-3-7(15-16-8)6-4-13-10(12)14-9(6)11/h3-5H,1-2H3,(H,15,16)(H4,11,12,13,14). The molecule has 0 atom stereocenters. The van der Waals surface area contributed by atoms with Gasteiger partial charge >= 0.3 is 0 Å². The van der Waals surface area contributed by atoms with Gasteiger partial charge in [0.15, 0.2) is 0 Å². The van der Waals surface area contributed by atoms with Crippen LogP contribution in [-0.2, 0) is 0 Å². The second-order valence-corrected chi connectivity index (χ2v) is 3.81. The Kier molecular flexibility index (Phi) is 2.82. The van der Waals surface area contributed by atoms with Crippen LogP contribution < -0.4 is 16.2 Å². The number of nitrogen functional groups attached to an aromatic ring is 2. The number of nitrogens with two attached hydrogens (primary N) is 2. The molecule has 0 aromatic carbocycles. The van der Waals surface area contributed by atoms with E-state index in [1.807, 2.05) is 13.8 Å². The molecule has 0 radical (unpaired) electrons. The monoisotopic (exact) mass is 234 g/mol. The highest BCUT2D eigenvalue weighted by atomic mass is 16.5. The minimum atomic E-state index is 0.0725. The molecule has 90 valence electrons. The van der Waals surface area contributed by atoms with Crippen molar-refractivity contribution in [1.29, 1.82) is 0 Å². The van der Waals surface area contributed by atoms with E-state index in [0.29, 0.717) is 23.0 Å². The summed E-state index contributed by atoms with van der Waals surface area (Å²) in [4.78, 5) is 7.75. The van der Waals surface area contributed by atoms with Gasteiger partial charge in [-0.3, -0.25) is 0 Å². The number of rotatable bonds is 3. The lowest BCUT2D eigenvalue weighted by Gasteiger charge is -2.04. The minimum absolute atomic E-state index is 0.0725. The Morgan fingerprint density at radius 2 is 2.12 bits per heavy atom. The van der Waals surface area contributed by atoms with Gasteiger partial charge in [-0.2, -0.15) is 10.1 Å². The Bertz CT molecular complexity index is 521. The fraction of sp³-hybridized carbons (Fsp3) is 0.300. The summed E-state index contributed by atoms with van der Waals surface area (Å²) in [6.07, 6.45) is 1.61. The van der Waals surface area contributed by atoms with E-state index in [0.717, 1.165) is 0 Å². The molecule has 0 saturated carbocycles. The predicted octanol–water partition coefficient (Wildman–Crippen LogP) is 0.818. The summed E-state index contributed by atoms with van der Waals surface area (Å²) in [7, 11) is 0. The number of H-pyrrole nitrogens is 1. The van der Waals surface area contributed by atoms with Crippen molar-refractivity contribution in [3.8, 4) is 17.1 Å². The molecule has 0 fully saturated rings. The van der Waals surface area contributed by atoms with Crippen LogP contribution in [0, 0.1) is 0 Å². The molecule has 0 amide bonds. The predicted molar refractivity (Wildman–Crippen MR) is 64.2 cm³/mol. The zero-order valence-electron chi connectivity index (χ0n) is 9.64. The molecule has 17 heavy (non-hydrogen) atoms. The zero-order valence-corrected chi connectivity index (χ0v) is 9.64. The number of anilines is 2. The normalized spacial score (nSPS) is 10.8. The van der Waals surface area contributed by atoms with Crippen LogP contribution >= 0.6 is 0 Å². The Labute approximate surface area is 98.2 Å². The van der Waals surface area contributed by atoms with E-state index in [1.54, 1.807) is 6.07 Å². The molecule has 0 aliphatic rings. The number of aromatic nitrogens is 4. The third-order valence-electron chi connectivity index (χ3n) is 2.03. The van der Waals surface area contributed by atoms with Gasteiger partial charge < -0.3 is 16.2 Å². The highest BCUT2D eigenvalue weighted by Gasteiger charge is 2.10. The Morgan fingerprint density at radius 1 is 1.35 bits per heavy atom. The van der Waals surface area contributed by atoms with Crippen molar-refractivity contribution in [2.75, 3.05) is 11.5 Å². The van der Waals surface area contributed by atoms with Gasteiger partial charge in [0.2, 0.25) is 11.8 Å². The fourth-order valence-electron chi connectivity index (χ4n) is 1.36. The lowest BCUT2D eigenvalue weighted by atomic mass is 10.2. The van der Waals surface area contributed by atoms with Crippen LogP contribution in [0.3, 0.4) is 0 Å². The quantitative estimate of drug-likeness (QED) is 0.724. The van der Waals surface area contributed by atoms with E-state index in [1.165, 1.54) is 6.20 Å². The van der Waals surface area contributed by atoms with E-state index < -0.39 is 0 Å². The first-order chi connectivity index (χ1) is 8.06. The Morgan fingerprint density at radius 3 is 2.76 bits per heavy atom. The number of nitrogens with one attached hydrogen (secondary N) is 1. The average molecular weight is 234 g/mol. The molecule has 0 unspecified atom stereocenters. The van der Waals surface area contributed by atoms with Gasteiger partial charge in [0.1, 0.15) is 11.5 Å². The summed E-state index contributed by atoms with van der Waals surface area (Å²) in [6, 6.07) is 1.74. The lowest BCUT2D eigenvalue weighted by Crippen LogP contribution is -2.05. The molecule has 0 aliphatic heterocycles. The van der Waals surface area contributed by atoms with Crippen molar-refractivity contribution in [2.24, 2.45) is 0 Å². The van der Waals surface area contributed by atoms with Gasteiger partial charge in [-0.25, -0.2) is 10.1 Å². The van der Waals surface area contributed by atoms with Crippen LogP contribution in [0.25, 0.3) is 11.3 Å². The van der Waals surface area contributed by atoms with Gasteiger partial charge in [-0.05, 0) is 13.8 Å². The van der Waals surface area contributed by atoms with Gasteiger partial charge in [-0.15, -0.1) is 0 Å². The molecule has 2 aromatic rings. The van der Waals surface area contributed by atoms with E-state index in [4.69, 9.17) is 16.2 Å².